The molecule has 100 valence electrons. The van der Waals surface area contributed by atoms with Gasteiger partial charge in [0.1, 0.15) is 0 Å². The Morgan fingerprint density at radius 1 is 1.35 bits per heavy atom. The number of hydrogen-bond donors (Lipinski definition) is 2. The van der Waals surface area contributed by atoms with Crippen LogP contribution in [0.1, 0.15) is 12.8 Å². The number of hydrogen-bond acceptors (Lipinski definition) is 4. The molecule has 2 rings (SSSR count). The molecule has 1 atom stereocenters. The molecule has 6 nitrogen and oxygen atoms in total. The van der Waals surface area contributed by atoms with Crippen molar-refractivity contribution in [2.75, 3.05) is 45.9 Å². The number of nitrogens with zero attached hydrogens (tertiary/aromatic N) is 1. The SMILES string of the molecule is O=S(=O)(NCCC1CCOC1)N1CCNCC1. The smallest absolute Gasteiger partial charge is 0.279 e. The fourth-order valence-electron chi connectivity index (χ4n) is 2.18. The van der Waals surface area contributed by atoms with Crippen LogP contribution in [0.15, 0.2) is 0 Å². The molecule has 2 fully saturated rings. The van der Waals surface area contributed by atoms with E-state index in [1.54, 1.807) is 0 Å². The van der Waals surface area contributed by atoms with Crippen LogP contribution >= 0.6 is 0 Å². The maximum absolute atomic E-state index is 11.9. The van der Waals surface area contributed by atoms with E-state index < -0.39 is 10.2 Å². The number of rotatable bonds is 5. The van der Waals surface area contributed by atoms with Crippen molar-refractivity contribution in [3.05, 3.63) is 0 Å². The molecule has 0 bridgehead atoms. The summed E-state index contributed by atoms with van der Waals surface area (Å²) in [4.78, 5) is 0. The van der Waals surface area contributed by atoms with Crippen LogP contribution < -0.4 is 10.0 Å². The highest BCUT2D eigenvalue weighted by Crippen LogP contribution is 2.15. The third kappa shape index (κ3) is 3.89. The van der Waals surface area contributed by atoms with Crippen LogP contribution in [0.3, 0.4) is 0 Å². The van der Waals surface area contributed by atoms with Crippen molar-refractivity contribution in [1.82, 2.24) is 14.3 Å². The average Bonchev–Trinajstić information content (AvgIpc) is 2.83. The molecule has 0 aromatic carbocycles. The van der Waals surface area contributed by atoms with Crippen molar-refractivity contribution in [3.63, 3.8) is 0 Å². The molecule has 0 aromatic heterocycles. The van der Waals surface area contributed by atoms with E-state index in [-0.39, 0.29) is 0 Å². The molecule has 1 unspecified atom stereocenters. The molecule has 0 saturated carbocycles. The lowest BCUT2D eigenvalue weighted by molar-refractivity contribution is 0.184. The summed E-state index contributed by atoms with van der Waals surface area (Å²) in [6.07, 6.45) is 1.92. The minimum absolute atomic E-state index is 0.514. The Morgan fingerprint density at radius 3 is 2.76 bits per heavy atom. The van der Waals surface area contributed by atoms with Crippen LogP contribution in [-0.4, -0.2) is 58.7 Å². The van der Waals surface area contributed by atoms with Crippen LogP contribution in [-0.2, 0) is 14.9 Å². The third-order valence-electron chi connectivity index (χ3n) is 3.28. The van der Waals surface area contributed by atoms with Gasteiger partial charge in [-0.05, 0) is 18.8 Å². The summed E-state index contributed by atoms with van der Waals surface area (Å²) in [5, 5.41) is 3.14. The zero-order valence-corrected chi connectivity index (χ0v) is 10.8. The predicted octanol–water partition coefficient (Wildman–Crippen LogP) is -0.847. The molecule has 2 heterocycles. The molecule has 0 aliphatic carbocycles. The second-order valence-corrected chi connectivity index (χ2v) is 6.32. The fraction of sp³-hybridized carbons (Fsp3) is 1.00. The molecular weight excluding hydrogens is 242 g/mol. The fourth-order valence-corrected chi connectivity index (χ4v) is 3.40. The van der Waals surface area contributed by atoms with Gasteiger partial charge in [-0.25, -0.2) is 4.72 Å². The van der Waals surface area contributed by atoms with Crippen molar-refractivity contribution in [2.45, 2.75) is 12.8 Å². The van der Waals surface area contributed by atoms with Gasteiger partial charge in [0.2, 0.25) is 0 Å². The number of ether oxygens (including phenoxy) is 1. The first kappa shape index (κ1) is 13.2. The Kier molecular flexibility index (Phi) is 4.75. The Hall–Kier alpha value is -0.210. The molecule has 0 spiro atoms. The Bertz CT molecular complexity index is 322. The summed E-state index contributed by atoms with van der Waals surface area (Å²) in [5.74, 6) is 0.515. The summed E-state index contributed by atoms with van der Waals surface area (Å²) in [7, 11) is -3.27. The summed E-state index contributed by atoms with van der Waals surface area (Å²) < 4.78 is 33.3. The monoisotopic (exact) mass is 263 g/mol. The zero-order valence-electron chi connectivity index (χ0n) is 10.0. The van der Waals surface area contributed by atoms with Gasteiger partial charge in [0, 0.05) is 45.9 Å². The molecule has 2 aliphatic rings. The van der Waals surface area contributed by atoms with E-state index in [4.69, 9.17) is 4.74 Å². The van der Waals surface area contributed by atoms with E-state index in [1.165, 1.54) is 4.31 Å². The van der Waals surface area contributed by atoms with E-state index in [1.807, 2.05) is 0 Å². The minimum Gasteiger partial charge on any atom is -0.381 e. The molecule has 0 aromatic rings. The molecule has 2 N–H and O–H groups in total. The highest BCUT2D eigenvalue weighted by molar-refractivity contribution is 7.87. The minimum atomic E-state index is -3.27. The second-order valence-electron chi connectivity index (χ2n) is 4.57. The Morgan fingerprint density at radius 2 is 2.12 bits per heavy atom. The first-order valence-corrected chi connectivity index (χ1v) is 7.66. The summed E-state index contributed by atoms with van der Waals surface area (Å²) in [5.41, 5.74) is 0. The lowest BCUT2D eigenvalue weighted by Crippen LogP contribution is -2.50. The van der Waals surface area contributed by atoms with Gasteiger partial charge in [-0.15, -0.1) is 0 Å². The maximum atomic E-state index is 11.9. The molecule has 0 amide bonds. The van der Waals surface area contributed by atoms with Gasteiger partial charge in [-0.3, -0.25) is 0 Å². The molecule has 0 radical (unpaired) electrons. The van der Waals surface area contributed by atoms with E-state index in [9.17, 15) is 8.42 Å². The highest BCUT2D eigenvalue weighted by atomic mass is 32.2. The quantitative estimate of drug-likeness (QED) is 0.678. The lowest BCUT2D eigenvalue weighted by Gasteiger charge is -2.26. The molecule has 7 heteroatoms. The normalized spacial score (nSPS) is 27.4. The largest absolute Gasteiger partial charge is 0.381 e. The number of piperazine rings is 1. The van der Waals surface area contributed by atoms with Crippen LogP contribution in [0.2, 0.25) is 0 Å². The molecule has 17 heavy (non-hydrogen) atoms. The molecule has 2 saturated heterocycles. The Labute approximate surface area is 103 Å². The van der Waals surface area contributed by atoms with Crippen molar-refractivity contribution < 1.29 is 13.2 Å². The van der Waals surface area contributed by atoms with Crippen LogP contribution in [0, 0.1) is 5.92 Å². The summed E-state index contributed by atoms with van der Waals surface area (Å²) in [6, 6.07) is 0. The van der Waals surface area contributed by atoms with Gasteiger partial charge in [0.15, 0.2) is 0 Å². The summed E-state index contributed by atoms with van der Waals surface area (Å²) in [6.45, 7) is 4.68. The third-order valence-corrected chi connectivity index (χ3v) is 4.89. The van der Waals surface area contributed by atoms with Crippen molar-refractivity contribution in [2.24, 2.45) is 5.92 Å². The second kappa shape index (κ2) is 6.10. The van der Waals surface area contributed by atoms with Crippen molar-refractivity contribution in [1.29, 1.82) is 0 Å². The van der Waals surface area contributed by atoms with Crippen LogP contribution in [0.5, 0.6) is 0 Å². The lowest BCUT2D eigenvalue weighted by atomic mass is 10.1. The zero-order chi connectivity index (χ0) is 12.1. The van der Waals surface area contributed by atoms with Gasteiger partial charge < -0.3 is 10.1 Å². The van der Waals surface area contributed by atoms with E-state index >= 15 is 0 Å². The molecular formula is C10H21N3O3S. The summed E-state index contributed by atoms with van der Waals surface area (Å²) >= 11 is 0. The standard InChI is InChI=1S/C10H21N3O3S/c14-17(15,13-6-4-11-5-7-13)12-3-1-10-2-8-16-9-10/h10-12H,1-9H2. The van der Waals surface area contributed by atoms with Gasteiger partial charge in [-0.2, -0.15) is 12.7 Å². The van der Waals surface area contributed by atoms with Gasteiger partial charge in [0.25, 0.3) is 10.2 Å². The van der Waals surface area contributed by atoms with Gasteiger partial charge >= 0.3 is 0 Å². The Balaban J connectivity index is 1.72. The van der Waals surface area contributed by atoms with Gasteiger partial charge in [-0.1, -0.05) is 0 Å². The van der Waals surface area contributed by atoms with Crippen molar-refractivity contribution >= 4 is 10.2 Å². The van der Waals surface area contributed by atoms with E-state index in [0.29, 0.717) is 25.6 Å². The maximum Gasteiger partial charge on any atom is 0.279 e. The number of nitrogens with one attached hydrogen (secondary N) is 2. The van der Waals surface area contributed by atoms with Crippen LogP contribution in [0.25, 0.3) is 0 Å². The highest BCUT2D eigenvalue weighted by Gasteiger charge is 2.23. The van der Waals surface area contributed by atoms with Crippen molar-refractivity contribution in [3.8, 4) is 0 Å². The molecule has 2 aliphatic heterocycles. The predicted molar refractivity (Wildman–Crippen MR) is 64.9 cm³/mol. The van der Waals surface area contributed by atoms with E-state index in [0.717, 1.165) is 39.1 Å². The van der Waals surface area contributed by atoms with Crippen LogP contribution in [0.4, 0.5) is 0 Å². The van der Waals surface area contributed by atoms with E-state index in [2.05, 4.69) is 10.0 Å². The first-order valence-electron chi connectivity index (χ1n) is 6.22. The topological polar surface area (TPSA) is 70.7 Å². The average molecular weight is 263 g/mol. The van der Waals surface area contributed by atoms with Gasteiger partial charge in [0.05, 0.1) is 0 Å². The first-order chi connectivity index (χ1) is 8.18.